The lowest BCUT2D eigenvalue weighted by atomic mass is 10.0. The highest BCUT2D eigenvalue weighted by Gasteiger charge is 2.17. The molecule has 1 aromatic rings. The van der Waals surface area contributed by atoms with Gasteiger partial charge in [0.2, 0.25) is 0 Å². The highest BCUT2D eigenvalue weighted by atomic mass is 15.2. The van der Waals surface area contributed by atoms with Crippen LogP contribution in [0.3, 0.4) is 0 Å². The fourth-order valence-electron chi connectivity index (χ4n) is 2.76. The van der Waals surface area contributed by atoms with Crippen molar-refractivity contribution in [3.8, 4) is 11.8 Å². The average Bonchev–Trinajstić information content (AvgIpc) is 2.47. The van der Waals surface area contributed by atoms with Crippen LogP contribution in [0.4, 0.5) is 0 Å². The van der Waals surface area contributed by atoms with Gasteiger partial charge >= 0.3 is 0 Å². The molecule has 0 aromatic heterocycles. The van der Waals surface area contributed by atoms with E-state index in [1.807, 2.05) is 6.07 Å². The van der Waals surface area contributed by atoms with Crippen molar-refractivity contribution in [1.82, 2.24) is 4.90 Å². The molecule has 0 saturated heterocycles. The molecule has 116 valence electrons. The van der Waals surface area contributed by atoms with E-state index in [9.17, 15) is 0 Å². The number of nitrogens with zero attached hydrogens (tertiary/aromatic N) is 1. The summed E-state index contributed by atoms with van der Waals surface area (Å²) in [7, 11) is 0. The van der Waals surface area contributed by atoms with Crippen LogP contribution in [0.15, 0.2) is 24.3 Å². The zero-order valence-corrected chi connectivity index (χ0v) is 14.0. The molecule has 1 aromatic carbocycles. The predicted molar refractivity (Wildman–Crippen MR) is 92.0 cm³/mol. The molecule has 0 aliphatic carbocycles. The van der Waals surface area contributed by atoms with Crippen LogP contribution in [0.5, 0.6) is 0 Å². The number of rotatable bonds is 7. The van der Waals surface area contributed by atoms with E-state index in [-0.39, 0.29) is 0 Å². The zero-order valence-electron chi connectivity index (χ0n) is 14.0. The molecule has 2 nitrogen and oxygen atoms in total. The van der Waals surface area contributed by atoms with Gasteiger partial charge in [0.05, 0.1) is 6.54 Å². The molecule has 0 fully saturated rings. The molecule has 0 aliphatic heterocycles. The van der Waals surface area contributed by atoms with Crippen LogP contribution >= 0.6 is 0 Å². The fourth-order valence-corrected chi connectivity index (χ4v) is 2.76. The van der Waals surface area contributed by atoms with E-state index < -0.39 is 0 Å². The summed E-state index contributed by atoms with van der Waals surface area (Å²) < 4.78 is 0. The Hall–Kier alpha value is -1.30. The molecule has 0 heterocycles. The molecule has 21 heavy (non-hydrogen) atoms. The minimum atomic E-state index is 0.413. The van der Waals surface area contributed by atoms with Gasteiger partial charge in [-0.25, -0.2) is 0 Å². The second-order valence-electron chi connectivity index (χ2n) is 5.96. The van der Waals surface area contributed by atoms with Crippen LogP contribution in [-0.2, 0) is 6.54 Å². The zero-order chi connectivity index (χ0) is 15.7. The van der Waals surface area contributed by atoms with Crippen molar-refractivity contribution in [2.75, 3.05) is 13.1 Å². The van der Waals surface area contributed by atoms with Crippen molar-refractivity contribution in [2.24, 2.45) is 11.7 Å². The molecule has 0 bridgehead atoms. The van der Waals surface area contributed by atoms with Gasteiger partial charge in [-0.2, -0.15) is 0 Å². The normalized spacial score (nSPS) is 11.0. The van der Waals surface area contributed by atoms with Crippen molar-refractivity contribution < 1.29 is 0 Å². The maximum absolute atomic E-state index is 5.50. The first-order valence-corrected chi connectivity index (χ1v) is 8.13. The Bertz CT molecular complexity index is 464. The minimum Gasteiger partial charge on any atom is -0.320 e. The van der Waals surface area contributed by atoms with Crippen molar-refractivity contribution in [3.05, 3.63) is 35.4 Å². The summed E-state index contributed by atoms with van der Waals surface area (Å²) >= 11 is 0. The summed E-state index contributed by atoms with van der Waals surface area (Å²) in [5.41, 5.74) is 7.93. The van der Waals surface area contributed by atoms with Crippen molar-refractivity contribution in [3.63, 3.8) is 0 Å². The van der Waals surface area contributed by atoms with Crippen LogP contribution in [0.25, 0.3) is 0 Å². The van der Waals surface area contributed by atoms with Gasteiger partial charge in [0.1, 0.15) is 0 Å². The maximum Gasteiger partial charge on any atom is 0.0555 e. The topological polar surface area (TPSA) is 29.3 Å². The number of benzene rings is 1. The standard InChI is InChI=1S/C19H30N2/c1-5-19(6-2)21(14-16(3)4)15-18-11-8-7-10-17(18)12-9-13-20/h7-8,10-11,16,19H,5-6,13-15,20H2,1-4H3. The Morgan fingerprint density at radius 3 is 2.38 bits per heavy atom. The van der Waals surface area contributed by atoms with Crippen LogP contribution in [0, 0.1) is 17.8 Å². The summed E-state index contributed by atoms with van der Waals surface area (Å²) in [4.78, 5) is 2.60. The second-order valence-corrected chi connectivity index (χ2v) is 5.96. The van der Waals surface area contributed by atoms with E-state index in [0.29, 0.717) is 18.5 Å². The molecule has 0 atom stereocenters. The first-order valence-electron chi connectivity index (χ1n) is 8.13. The molecule has 0 aliphatic rings. The first kappa shape index (κ1) is 17.8. The van der Waals surface area contributed by atoms with E-state index in [4.69, 9.17) is 5.73 Å². The Morgan fingerprint density at radius 2 is 1.81 bits per heavy atom. The number of nitrogens with two attached hydrogens (primary N) is 1. The monoisotopic (exact) mass is 286 g/mol. The van der Waals surface area contributed by atoms with Gasteiger partial charge in [-0.1, -0.05) is 57.7 Å². The Balaban J connectivity index is 2.97. The summed E-state index contributed by atoms with van der Waals surface area (Å²) in [6.07, 6.45) is 2.39. The van der Waals surface area contributed by atoms with Gasteiger partial charge in [0.25, 0.3) is 0 Å². The van der Waals surface area contributed by atoms with Gasteiger partial charge in [-0.3, -0.25) is 4.90 Å². The lowest BCUT2D eigenvalue weighted by Crippen LogP contribution is -2.36. The van der Waals surface area contributed by atoms with Gasteiger partial charge in [-0.05, 0) is 30.4 Å². The Labute approximate surface area is 130 Å². The van der Waals surface area contributed by atoms with Gasteiger partial charge in [0.15, 0.2) is 0 Å². The molecule has 2 N–H and O–H groups in total. The lowest BCUT2D eigenvalue weighted by Gasteiger charge is -2.32. The van der Waals surface area contributed by atoms with E-state index in [2.05, 4.69) is 62.6 Å². The van der Waals surface area contributed by atoms with E-state index >= 15 is 0 Å². The number of hydrogen-bond acceptors (Lipinski definition) is 2. The van der Waals surface area contributed by atoms with Crippen molar-refractivity contribution >= 4 is 0 Å². The largest absolute Gasteiger partial charge is 0.320 e. The van der Waals surface area contributed by atoms with Crippen LogP contribution in [-0.4, -0.2) is 24.0 Å². The first-order chi connectivity index (χ1) is 10.1. The smallest absolute Gasteiger partial charge is 0.0555 e. The van der Waals surface area contributed by atoms with Crippen LogP contribution in [0.2, 0.25) is 0 Å². The van der Waals surface area contributed by atoms with Gasteiger partial charge in [0, 0.05) is 24.7 Å². The summed E-state index contributed by atoms with van der Waals surface area (Å²) in [6, 6.07) is 9.08. The third kappa shape index (κ3) is 5.91. The highest BCUT2D eigenvalue weighted by molar-refractivity contribution is 5.41. The Kier molecular flexibility index (Phi) is 8.12. The second kappa shape index (κ2) is 9.60. The number of hydrogen-bond donors (Lipinski definition) is 1. The van der Waals surface area contributed by atoms with Crippen LogP contribution in [0.1, 0.15) is 51.7 Å². The SMILES string of the molecule is CCC(CC)N(Cc1ccccc1C#CCN)CC(C)C. The summed E-state index contributed by atoms with van der Waals surface area (Å²) in [5, 5.41) is 0. The molecular formula is C19H30N2. The fraction of sp³-hybridized carbons (Fsp3) is 0.579. The Morgan fingerprint density at radius 1 is 1.14 bits per heavy atom. The van der Waals surface area contributed by atoms with Crippen LogP contribution < -0.4 is 5.73 Å². The molecule has 0 radical (unpaired) electrons. The maximum atomic E-state index is 5.50. The summed E-state index contributed by atoms with van der Waals surface area (Å²) in [5.74, 6) is 6.85. The van der Waals surface area contributed by atoms with Crippen molar-refractivity contribution in [1.29, 1.82) is 0 Å². The molecule has 0 saturated carbocycles. The summed E-state index contributed by atoms with van der Waals surface area (Å²) in [6.45, 7) is 11.6. The molecule has 0 spiro atoms. The molecular weight excluding hydrogens is 256 g/mol. The van der Waals surface area contributed by atoms with E-state index in [1.165, 1.54) is 18.4 Å². The van der Waals surface area contributed by atoms with Gasteiger partial charge < -0.3 is 5.73 Å². The highest BCUT2D eigenvalue weighted by Crippen LogP contribution is 2.18. The lowest BCUT2D eigenvalue weighted by molar-refractivity contribution is 0.157. The average molecular weight is 286 g/mol. The van der Waals surface area contributed by atoms with Crippen molar-refractivity contribution in [2.45, 2.75) is 53.1 Å². The third-order valence-electron chi connectivity index (χ3n) is 3.77. The third-order valence-corrected chi connectivity index (χ3v) is 3.77. The minimum absolute atomic E-state index is 0.413. The van der Waals surface area contributed by atoms with E-state index in [1.54, 1.807) is 0 Å². The quantitative estimate of drug-likeness (QED) is 0.775. The molecule has 0 unspecified atom stereocenters. The molecule has 2 heteroatoms. The van der Waals surface area contributed by atoms with Gasteiger partial charge in [-0.15, -0.1) is 0 Å². The van der Waals surface area contributed by atoms with E-state index in [0.717, 1.165) is 18.7 Å². The molecule has 0 amide bonds. The molecule has 1 rings (SSSR count). The predicted octanol–water partition coefficient (Wildman–Crippen LogP) is 3.64.